The number of ether oxygens (including phenoxy) is 1. The number of carbonyl (C=O) groups is 2. The highest BCUT2D eigenvalue weighted by molar-refractivity contribution is 5.90. The fourth-order valence-electron chi connectivity index (χ4n) is 1.90. The van der Waals surface area contributed by atoms with Crippen LogP contribution in [0.25, 0.3) is 12.2 Å². The van der Waals surface area contributed by atoms with Gasteiger partial charge in [-0.1, -0.05) is 0 Å². The van der Waals surface area contributed by atoms with Crippen LogP contribution in [0.3, 0.4) is 0 Å². The molecule has 25 heavy (non-hydrogen) atoms. The predicted octanol–water partition coefficient (Wildman–Crippen LogP) is 2.52. The van der Waals surface area contributed by atoms with Crippen molar-refractivity contribution in [3.05, 3.63) is 59.7 Å². The summed E-state index contributed by atoms with van der Waals surface area (Å²) in [5.41, 5.74) is 0.415. The number of rotatable bonds is 5. The van der Waals surface area contributed by atoms with Crippen LogP contribution < -0.4 is 4.74 Å². The highest BCUT2D eigenvalue weighted by Gasteiger charge is 2.08. The van der Waals surface area contributed by atoms with Crippen molar-refractivity contribution in [1.82, 2.24) is 0 Å². The Morgan fingerprint density at radius 1 is 0.840 bits per heavy atom. The molecule has 2 aromatic rings. The van der Waals surface area contributed by atoms with Gasteiger partial charge in [0.2, 0.25) is 0 Å². The van der Waals surface area contributed by atoms with Gasteiger partial charge in [-0.3, -0.25) is 0 Å². The van der Waals surface area contributed by atoms with E-state index >= 15 is 0 Å². The first kappa shape index (κ1) is 17.6. The molecule has 128 valence electrons. The Bertz CT molecular complexity index is 866. The average molecular weight is 342 g/mol. The molecule has 0 saturated carbocycles. The van der Waals surface area contributed by atoms with E-state index in [0.29, 0.717) is 0 Å². The maximum Gasteiger partial charge on any atom is 0.336 e. The number of carbonyl (C=O) groups excluding carboxylic acids is 1. The average Bonchev–Trinajstić information content (AvgIpc) is 2.55. The van der Waals surface area contributed by atoms with Gasteiger partial charge in [-0.2, -0.15) is 0 Å². The van der Waals surface area contributed by atoms with E-state index in [-0.39, 0.29) is 34.1 Å². The zero-order chi connectivity index (χ0) is 18.4. The van der Waals surface area contributed by atoms with E-state index in [4.69, 9.17) is 9.84 Å². The van der Waals surface area contributed by atoms with Crippen molar-refractivity contribution in [3.8, 4) is 23.0 Å². The summed E-state index contributed by atoms with van der Waals surface area (Å²) < 4.78 is 5.10. The van der Waals surface area contributed by atoms with Gasteiger partial charge in [-0.15, -0.1) is 0 Å². The number of carboxylic acids is 1. The Kier molecular flexibility index (Phi) is 5.42. The lowest BCUT2D eigenvalue weighted by Crippen LogP contribution is -2.05. The van der Waals surface area contributed by atoms with Gasteiger partial charge in [0.05, 0.1) is 0 Å². The summed E-state index contributed by atoms with van der Waals surface area (Å²) in [6, 6.07) is 7.67. The van der Waals surface area contributed by atoms with E-state index in [0.717, 1.165) is 12.2 Å². The van der Waals surface area contributed by atoms with Crippen LogP contribution in [0.15, 0.2) is 48.6 Å². The molecule has 2 aromatic carbocycles. The van der Waals surface area contributed by atoms with Gasteiger partial charge in [0.15, 0.2) is 0 Å². The van der Waals surface area contributed by atoms with Gasteiger partial charge in [0.1, 0.15) is 23.0 Å². The van der Waals surface area contributed by atoms with Crippen LogP contribution in [-0.2, 0) is 9.59 Å². The molecule has 0 atom stereocenters. The molecule has 0 saturated heterocycles. The normalized spacial score (nSPS) is 11.0. The number of phenols is 3. The summed E-state index contributed by atoms with van der Waals surface area (Å²) >= 11 is 0. The van der Waals surface area contributed by atoms with Crippen LogP contribution in [0, 0.1) is 0 Å². The van der Waals surface area contributed by atoms with Crippen molar-refractivity contribution in [2.45, 2.75) is 0 Å². The molecule has 0 unspecified atom stereocenters. The topological polar surface area (TPSA) is 124 Å². The molecular weight excluding hydrogens is 328 g/mol. The van der Waals surface area contributed by atoms with Gasteiger partial charge >= 0.3 is 11.9 Å². The number of phenolic OH excluding ortho intramolecular Hbond substituents is 3. The number of carboxylic acid groups (broad SMARTS) is 1. The van der Waals surface area contributed by atoms with E-state index in [1.165, 1.54) is 48.6 Å². The first-order valence-electron chi connectivity index (χ1n) is 7.01. The molecule has 2 rings (SSSR count). The SMILES string of the molecule is O=C(O)C=Cc1cc(O)ccc1OC(=O)C=Cc1cc(O)ccc1O. The molecular formula is C18H14O7. The lowest BCUT2D eigenvalue weighted by molar-refractivity contribution is -0.131. The summed E-state index contributed by atoms with van der Waals surface area (Å²) in [6.45, 7) is 0. The number of esters is 1. The van der Waals surface area contributed by atoms with Crippen LogP contribution in [0.4, 0.5) is 0 Å². The molecule has 7 heteroatoms. The maximum absolute atomic E-state index is 11.9. The van der Waals surface area contributed by atoms with Crippen LogP contribution in [0.2, 0.25) is 0 Å². The van der Waals surface area contributed by atoms with Crippen molar-refractivity contribution >= 4 is 24.1 Å². The Morgan fingerprint density at radius 2 is 1.44 bits per heavy atom. The van der Waals surface area contributed by atoms with Gasteiger partial charge in [0, 0.05) is 23.3 Å². The first-order chi connectivity index (χ1) is 11.8. The Hall–Kier alpha value is -3.74. The highest BCUT2D eigenvalue weighted by Crippen LogP contribution is 2.26. The lowest BCUT2D eigenvalue weighted by atomic mass is 10.1. The van der Waals surface area contributed by atoms with E-state index in [1.54, 1.807) is 0 Å². The first-order valence-corrected chi connectivity index (χ1v) is 7.01. The fraction of sp³-hybridized carbons (Fsp3) is 0. The van der Waals surface area contributed by atoms with Crippen LogP contribution in [0.1, 0.15) is 11.1 Å². The molecule has 0 aliphatic carbocycles. The lowest BCUT2D eigenvalue weighted by Gasteiger charge is -2.06. The zero-order valence-electron chi connectivity index (χ0n) is 12.8. The predicted molar refractivity (Wildman–Crippen MR) is 89.2 cm³/mol. The molecule has 0 heterocycles. The zero-order valence-corrected chi connectivity index (χ0v) is 12.8. The minimum absolute atomic E-state index is 0.0464. The molecule has 0 radical (unpaired) electrons. The Balaban J connectivity index is 2.19. The van der Waals surface area contributed by atoms with Crippen LogP contribution in [-0.4, -0.2) is 32.4 Å². The monoisotopic (exact) mass is 342 g/mol. The van der Waals surface area contributed by atoms with E-state index in [2.05, 4.69) is 0 Å². The van der Waals surface area contributed by atoms with Crippen molar-refractivity contribution in [2.24, 2.45) is 0 Å². The van der Waals surface area contributed by atoms with E-state index in [1.807, 2.05) is 0 Å². The van der Waals surface area contributed by atoms with Gasteiger partial charge in [-0.25, -0.2) is 9.59 Å². The quantitative estimate of drug-likeness (QED) is 0.285. The van der Waals surface area contributed by atoms with Crippen molar-refractivity contribution in [1.29, 1.82) is 0 Å². The summed E-state index contributed by atoms with van der Waals surface area (Å²) in [4.78, 5) is 22.5. The molecule has 0 amide bonds. The minimum Gasteiger partial charge on any atom is -0.508 e. The Labute approximate surface area is 142 Å². The standard InChI is InChI=1S/C18H14O7/c19-13-3-5-15(21)11(9-13)2-8-18(24)25-16-6-4-14(20)10-12(16)1-7-17(22)23/h1-10,19-21H,(H,22,23). The van der Waals surface area contributed by atoms with Gasteiger partial charge in [0.25, 0.3) is 0 Å². The number of aliphatic carboxylic acids is 1. The number of benzene rings is 2. The highest BCUT2D eigenvalue weighted by atomic mass is 16.5. The molecule has 4 N–H and O–H groups in total. The maximum atomic E-state index is 11.9. The second-order valence-corrected chi connectivity index (χ2v) is 4.89. The summed E-state index contributed by atoms with van der Waals surface area (Å²) in [7, 11) is 0. The van der Waals surface area contributed by atoms with Crippen molar-refractivity contribution in [2.75, 3.05) is 0 Å². The molecule has 0 aliphatic rings. The van der Waals surface area contributed by atoms with E-state index < -0.39 is 11.9 Å². The van der Waals surface area contributed by atoms with Gasteiger partial charge < -0.3 is 25.2 Å². The van der Waals surface area contributed by atoms with Gasteiger partial charge in [-0.05, 0) is 48.6 Å². The molecule has 0 aromatic heterocycles. The molecule has 7 nitrogen and oxygen atoms in total. The summed E-state index contributed by atoms with van der Waals surface area (Å²) in [6.07, 6.45) is 4.30. The van der Waals surface area contributed by atoms with Crippen LogP contribution in [0.5, 0.6) is 23.0 Å². The van der Waals surface area contributed by atoms with Crippen LogP contribution >= 0.6 is 0 Å². The summed E-state index contributed by atoms with van der Waals surface area (Å²) in [5, 5.41) is 37.1. The van der Waals surface area contributed by atoms with Crippen molar-refractivity contribution in [3.63, 3.8) is 0 Å². The number of aromatic hydroxyl groups is 3. The third kappa shape index (κ3) is 5.14. The van der Waals surface area contributed by atoms with Crippen molar-refractivity contribution < 1.29 is 34.8 Å². The fourth-order valence-corrected chi connectivity index (χ4v) is 1.90. The van der Waals surface area contributed by atoms with E-state index in [9.17, 15) is 24.9 Å². The molecule has 0 spiro atoms. The third-order valence-electron chi connectivity index (χ3n) is 3.02. The Morgan fingerprint density at radius 3 is 2.12 bits per heavy atom. The smallest absolute Gasteiger partial charge is 0.336 e. The number of hydrogen-bond donors (Lipinski definition) is 4. The third-order valence-corrected chi connectivity index (χ3v) is 3.02. The molecule has 0 aliphatic heterocycles. The second kappa shape index (κ2) is 7.69. The molecule has 0 fully saturated rings. The molecule has 0 bridgehead atoms. The minimum atomic E-state index is -1.19. The second-order valence-electron chi connectivity index (χ2n) is 4.89. The largest absolute Gasteiger partial charge is 0.508 e. The number of hydrogen-bond acceptors (Lipinski definition) is 6. The summed E-state index contributed by atoms with van der Waals surface area (Å²) in [5.74, 6) is -2.27.